The lowest BCUT2D eigenvalue weighted by atomic mass is 10.1. The van der Waals surface area contributed by atoms with Crippen molar-refractivity contribution in [2.75, 3.05) is 0 Å². The van der Waals surface area contributed by atoms with E-state index in [0.29, 0.717) is 12.8 Å². The van der Waals surface area contributed by atoms with Crippen LogP contribution in [0.1, 0.15) is 39.0 Å². The van der Waals surface area contributed by atoms with Gasteiger partial charge in [0.15, 0.2) is 8.32 Å². The summed E-state index contributed by atoms with van der Waals surface area (Å²) in [5.74, 6) is 2.04. The number of carbonyl (C=O) groups excluding carboxylic acids is 2. The standard InChI is InChI=1S/C13H24O3Si/c1-12(15)8-5-6-9-13(10-7-11-14)16-17(2,3)4/h7,13H,5-6,8-10H2,1-4H3. The topological polar surface area (TPSA) is 43.4 Å². The third-order valence-corrected chi connectivity index (χ3v) is 3.33. The Labute approximate surface area is 105 Å². The molecule has 0 saturated heterocycles. The van der Waals surface area contributed by atoms with Gasteiger partial charge in [0.05, 0.1) is 0 Å². The fraction of sp³-hybridized carbons (Fsp3) is 0.769. The second-order valence-corrected chi connectivity index (χ2v) is 9.82. The van der Waals surface area contributed by atoms with Gasteiger partial charge in [0, 0.05) is 25.0 Å². The molecule has 0 heterocycles. The maximum atomic E-state index is 10.8. The van der Waals surface area contributed by atoms with E-state index in [1.807, 2.05) is 0 Å². The van der Waals surface area contributed by atoms with Crippen molar-refractivity contribution < 1.29 is 14.0 Å². The number of unbranched alkanes of at least 4 members (excludes halogenated alkanes) is 1. The van der Waals surface area contributed by atoms with E-state index in [1.54, 1.807) is 12.9 Å². The molecule has 0 spiro atoms. The van der Waals surface area contributed by atoms with Gasteiger partial charge >= 0.3 is 0 Å². The fourth-order valence-electron chi connectivity index (χ4n) is 1.65. The lowest BCUT2D eigenvalue weighted by Crippen LogP contribution is -2.31. The van der Waals surface area contributed by atoms with Gasteiger partial charge in [-0.3, -0.25) is 0 Å². The van der Waals surface area contributed by atoms with Gasteiger partial charge in [0.1, 0.15) is 11.7 Å². The van der Waals surface area contributed by atoms with E-state index >= 15 is 0 Å². The molecule has 0 aromatic rings. The molecular formula is C13H24O3Si. The van der Waals surface area contributed by atoms with Crippen LogP contribution in [0.15, 0.2) is 6.08 Å². The molecule has 17 heavy (non-hydrogen) atoms. The number of hydrogen-bond acceptors (Lipinski definition) is 3. The van der Waals surface area contributed by atoms with E-state index in [2.05, 4.69) is 19.6 Å². The van der Waals surface area contributed by atoms with E-state index in [0.717, 1.165) is 19.3 Å². The Morgan fingerprint density at radius 2 is 2.00 bits per heavy atom. The molecule has 0 aromatic heterocycles. The third-order valence-electron chi connectivity index (χ3n) is 2.29. The van der Waals surface area contributed by atoms with Gasteiger partial charge in [-0.15, -0.1) is 0 Å². The van der Waals surface area contributed by atoms with Crippen molar-refractivity contribution in [1.29, 1.82) is 0 Å². The summed E-state index contributed by atoms with van der Waals surface area (Å²) in [5.41, 5.74) is 0. The molecule has 0 saturated carbocycles. The highest BCUT2D eigenvalue weighted by Gasteiger charge is 2.20. The first-order valence-electron chi connectivity index (χ1n) is 6.22. The van der Waals surface area contributed by atoms with Crippen LogP contribution in [-0.4, -0.2) is 26.1 Å². The van der Waals surface area contributed by atoms with Crippen molar-refractivity contribution in [3.05, 3.63) is 6.08 Å². The SMILES string of the molecule is CC(=O)CCCCC(CC=C=O)O[Si](C)(C)C. The zero-order valence-electron chi connectivity index (χ0n) is 11.4. The van der Waals surface area contributed by atoms with Crippen molar-refractivity contribution in [3.8, 4) is 0 Å². The molecule has 0 radical (unpaired) electrons. The zero-order chi connectivity index (χ0) is 13.3. The van der Waals surface area contributed by atoms with Crippen LogP contribution < -0.4 is 0 Å². The maximum absolute atomic E-state index is 10.8. The fourth-order valence-corrected chi connectivity index (χ4v) is 2.86. The second-order valence-electron chi connectivity index (χ2n) is 5.36. The molecule has 0 rings (SSSR count). The van der Waals surface area contributed by atoms with E-state index in [4.69, 9.17) is 4.43 Å². The summed E-state index contributed by atoms with van der Waals surface area (Å²) in [5, 5.41) is 0. The highest BCUT2D eigenvalue weighted by atomic mass is 28.4. The lowest BCUT2D eigenvalue weighted by molar-refractivity contribution is -0.117. The first-order valence-corrected chi connectivity index (χ1v) is 9.62. The molecule has 3 nitrogen and oxygen atoms in total. The average molecular weight is 256 g/mol. The molecule has 0 aliphatic heterocycles. The van der Waals surface area contributed by atoms with Gasteiger partial charge in [-0.25, -0.2) is 4.79 Å². The predicted octanol–water partition coefficient (Wildman–Crippen LogP) is 3.13. The van der Waals surface area contributed by atoms with E-state index in [1.165, 1.54) is 6.08 Å². The van der Waals surface area contributed by atoms with Crippen molar-refractivity contribution in [3.63, 3.8) is 0 Å². The minimum absolute atomic E-state index is 0.107. The number of ketones is 1. The van der Waals surface area contributed by atoms with Crippen LogP contribution in [0.3, 0.4) is 0 Å². The van der Waals surface area contributed by atoms with Crippen LogP contribution in [0, 0.1) is 0 Å². The second kappa shape index (κ2) is 8.40. The normalized spacial score (nSPS) is 12.9. The van der Waals surface area contributed by atoms with Crippen molar-refractivity contribution >= 4 is 20.0 Å². The summed E-state index contributed by atoms with van der Waals surface area (Å²) in [4.78, 5) is 21.0. The summed E-state index contributed by atoms with van der Waals surface area (Å²) in [6, 6.07) is 0. The Morgan fingerprint density at radius 1 is 1.35 bits per heavy atom. The lowest BCUT2D eigenvalue weighted by Gasteiger charge is -2.25. The molecule has 0 aliphatic carbocycles. The molecule has 98 valence electrons. The van der Waals surface area contributed by atoms with Gasteiger partial charge < -0.3 is 9.22 Å². The average Bonchev–Trinajstić information content (AvgIpc) is 2.18. The number of rotatable bonds is 9. The Balaban J connectivity index is 4.01. The van der Waals surface area contributed by atoms with Gasteiger partial charge in [-0.2, -0.15) is 0 Å². The molecule has 4 heteroatoms. The first-order chi connectivity index (χ1) is 7.85. The van der Waals surface area contributed by atoms with Crippen LogP contribution in [0.5, 0.6) is 0 Å². The minimum atomic E-state index is -1.57. The molecule has 1 atom stereocenters. The number of hydrogen-bond donors (Lipinski definition) is 0. The smallest absolute Gasteiger partial charge is 0.184 e. The minimum Gasteiger partial charge on any atom is -0.414 e. The zero-order valence-corrected chi connectivity index (χ0v) is 12.4. The van der Waals surface area contributed by atoms with Crippen molar-refractivity contribution in [1.82, 2.24) is 0 Å². The Bertz CT molecular complexity index is 275. The van der Waals surface area contributed by atoms with E-state index < -0.39 is 8.32 Å². The van der Waals surface area contributed by atoms with Crippen LogP contribution in [0.25, 0.3) is 0 Å². The Morgan fingerprint density at radius 3 is 2.47 bits per heavy atom. The molecule has 1 unspecified atom stereocenters. The summed E-state index contributed by atoms with van der Waals surface area (Å²) in [6.45, 7) is 8.03. The highest BCUT2D eigenvalue weighted by molar-refractivity contribution is 6.69. The summed E-state index contributed by atoms with van der Waals surface area (Å²) >= 11 is 0. The molecule has 0 amide bonds. The number of Topliss-reactive ketones (excluding diaryl/α,β-unsaturated/α-hetero) is 1. The molecule has 0 N–H and O–H groups in total. The van der Waals surface area contributed by atoms with Crippen LogP contribution in [0.2, 0.25) is 19.6 Å². The first kappa shape index (κ1) is 16.3. The summed E-state index contributed by atoms with van der Waals surface area (Å²) < 4.78 is 5.99. The summed E-state index contributed by atoms with van der Waals surface area (Å²) in [6.07, 6.45) is 5.67. The quantitative estimate of drug-likeness (QED) is 0.361. The molecule has 0 fully saturated rings. The Hall–Kier alpha value is -0.703. The molecule has 0 aromatic carbocycles. The largest absolute Gasteiger partial charge is 0.414 e. The van der Waals surface area contributed by atoms with Crippen LogP contribution >= 0.6 is 0 Å². The van der Waals surface area contributed by atoms with Crippen molar-refractivity contribution in [2.24, 2.45) is 0 Å². The number of carbonyl (C=O) groups is 1. The van der Waals surface area contributed by atoms with Crippen LogP contribution in [-0.2, 0) is 14.0 Å². The molecule has 0 aliphatic rings. The predicted molar refractivity (Wildman–Crippen MR) is 72.2 cm³/mol. The highest BCUT2D eigenvalue weighted by Crippen LogP contribution is 2.16. The van der Waals surface area contributed by atoms with Crippen molar-refractivity contribution in [2.45, 2.75) is 64.8 Å². The van der Waals surface area contributed by atoms with Gasteiger partial charge in [0.25, 0.3) is 0 Å². The van der Waals surface area contributed by atoms with Crippen LogP contribution in [0.4, 0.5) is 0 Å². The third kappa shape index (κ3) is 11.6. The maximum Gasteiger partial charge on any atom is 0.184 e. The Kier molecular flexibility index (Phi) is 8.05. The van der Waals surface area contributed by atoms with E-state index in [9.17, 15) is 9.59 Å². The van der Waals surface area contributed by atoms with E-state index in [-0.39, 0.29) is 11.9 Å². The van der Waals surface area contributed by atoms with Gasteiger partial charge in [0.2, 0.25) is 0 Å². The van der Waals surface area contributed by atoms with Gasteiger partial charge in [-0.1, -0.05) is 6.42 Å². The monoisotopic (exact) mass is 256 g/mol. The summed E-state index contributed by atoms with van der Waals surface area (Å²) in [7, 11) is -1.57. The van der Waals surface area contributed by atoms with Gasteiger partial charge in [-0.05, 0) is 39.4 Å². The molecule has 0 bridgehead atoms. The molecular weight excluding hydrogens is 232 g/mol.